The van der Waals surface area contributed by atoms with Crippen LogP contribution in [0.3, 0.4) is 0 Å². The van der Waals surface area contributed by atoms with Crippen LogP contribution in [0.4, 0.5) is 0 Å². The van der Waals surface area contributed by atoms with E-state index in [0.717, 1.165) is 26.6 Å². The Morgan fingerprint density at radius 3 is 2.86 bits per heavy atom. The normalized spacial score (nSPS) is 15.1. The van der Waals surface area contributed by atoms with E-state index in [1.54, 1.807) is 17.8 Å². The third kappa shape index (κ3) is 4.36. The van der Waals surface area contributed by atoms with Crippen molar-refractivity contribution in [2.75, 3.05) is 6.54 Å². The minimum atomic E-state index is -0.169. The summed E-state index contributed by atoms with van der Waals surface area (Å²) in [6, 6.07) is 9.53. The van der Waals surface area contributed by atoms with Gasteiger partial charge in [0, 0.05) is 23.1 Å². The molecule has 8 heteroatoms. The number of hydrogen-bond acceptors (Lipinski definition) is 5. The van der Waals surface area contributed by atoms with Gasteiger partial charge in [-0.1, -0.05) is 11.6 Å². The molecule has 0 unspecified atom stereocenters. The summed E-state index contributed by atoms with van der Waals surface area (Å²) in [5, 5.41) is 7.65. The third-order valence-electron chi connectivity index (χ3n) is 4.70. The minimum Gasteiger partial charge on any atom is -0.486 e. The second-order valence-corrected chi connectivity index (χ2v) is 8.56. The number of aryl methyl sites for hydroxylation is 1. The first-order valence-electron chi connectivity index (χ1n) is 9.26. The first-order chi connectivity index (χ1) is 13.9. The zero-order valence-electron chi connectivity index (χ0n) is 16.1. The van der Waals surface area contributed by atoms with Gasteiger partial charge in [-0.3, -0.25) is 14.3 Å². The molecule has 0 saturated heterocycles. The molecular weight excluding hydrogens is 410 g/mol. The highest BCUT2D eigenvalue weighted by Crippen LogP contribution is 2.41. The molecule has 1 N–H and O–H groups in total. The number of halogens is 1. The van der Waals surface area contributed by atoms with Crippen molar-refractivity contribution in [3.63, 3.8) is 0 Å². The summed E-state index contributed by atoms with van der Waals surface area (Å²) < 4.78 is 7.56. The summed E-state index contributed by atoms with van der Waals surface area (Å²) in [7, 11) is 0. The van der Waals surface area contributed by atoms with Gasteiger partial charge < -0.3 is 10.1 Å². The fraction of sp³-hybridized carbons (Fsp3) is 0.286. The highest BCUT2D eigenvalue weighted by atomic mass is 35.5. The van der Waals surface area contributed by atoms with E-state index < -0.39 is 0 Å². The van der Waals surface area contributed by atoms with Crippen LogP contribution < -0.4 is 10.1 Å². The van der Waals surface area contributed by atoms with Gasteiger partial charge in [-0.15, -0.1) is 11.3 Å². The van der Waals surface area contributed by atoms with Crippen LogP contribution in [0.5, 0.6) is 5.75 Å². The molecule has 1 amide bonds. The van der Waals surface area contributed by atoms with Gasteiger partial charge in [0.1, 0.15) is 18.4 Å². The number of benzene rings is 1. The topological polar surface area (TPSA) is 73.2 Å². The maximum atomic E-state index is 12.1. The molecule has 1 aliphatic heterocycles. The van der Waals surface area contributed by atoms with E-state index in [0.29, 0.717) is 23.7 Å². The molecule has 1 aliphatic rings. The number of rotatable bonds is 6. The molecule has 4 rings (SSSR count). The summed E-state index contributed by atoms with van der Waals surface area (Å²) in [6.45, 7) is 4.01. The highest BCUT2D eigenvalue weighted by Gasteiger charge is 2.26. The first kappa shape index (κ1) is 19.7. The molecule has 2 aromatic heterocycles. The smallest absolute Gasteiger partial charge is 0.241 e. The Morgan fingerprint density at radius 2 is 2.17 bits per heavy atom. The predicted octanol–water partition coefficient (Wildman–Crippen LogP) is 3.90. The molecule has 0 aliphatic carbocycles. The number of aromatic nitrogens is 2. The molecule has 6 nitrogen and oxygen atoms in total. The lowest BCUT2D eigenvalue weighted by Crippen LogP contribution is -2.36. The van der Waals surface area contributed by atoms with Crippen molar-refractivity contribution in [2.24, 2.45) is 0 Å². The van der Waals surface area contributed by atoms with E-state index in [9.17, 15) is 9.59 Å². The molecule has 1 aromatic carbocycles. The second-order valence-electron chi connectivity index (χ2n) is 7.07. The Labute approximate surface area is 177 Å². The predicted molar refractivity (Wildman–Crippen MR) is 113 cm³/mol. The fourth-order valence-corrected chi connectivity index (χ4v) is 4.48. The molecule has 0 saturated carbocycles. The summed E-state index contributed by atoms with van der Waals surface area (Å²) >= 11 is 7.90. The standard InChI is InChI=1S/C21H20ClN3O3S/c1-12-5-6-25(24-12)11-20(27)23-10-16-8-15-7-14(9-17(22)21(15)28-16)19-4-3-18(29-19)13(2)26/h3-7,9,16H,8,10-11H2,1-2H3,(H,23,27)/t16-/m0/s1. The zero-order chi connectivity index (χ0) is 20.5. The number of nitrogens with one attached hydrogen (secondary N) is 1. The van der Waals surface area contributed by atoms with Gasteiger partial charge in [-0.2, -0.15) is 5.10 Å². The molecule has 1 atom stereocenters. The van der Waals surface area contributed by atoms with Crippen LogP contribution in [0, 0.1) is 6.92 Å². The molecule has 0 radical (unpaired) electrons. The van der Waals surface area contributed by atoms with E-state index in [1.165, 1.54) is 11.3 Å². The number of hydrogen-bond donors (Lipinski definition) is 1. The molecule has 3 aromatic rings. The average molecular weight is 430 g/mol. The third-order valence-corrected chi connectivity index (χ3v) is 6.21. The number of carbonyl (C=O) groups excluding carboxylic acids is 2. The second kappa shape index (κ2) is 8.00. The first-order valence-corrected chi connectivity index (χ1v) is 10.5. The molecular formula is C21H20ClN3O3S. The van der Waals surface area contributed by atoms with Gasteiger partial charge in [0.05, 0.1) is 22.1 Å². The Balaban J connectivity index is 1.40. The Hall–Kier alpha value is -2.64. The van der Waals surface area contributed by atoms with Crippen molar-refractivity contribution in [1.29, 1.82) is 0 Å². The van der Waals surface area contributed by atoms with Crippen molar-refractivity contribution in [2.45, 2.75) is 32.9 Å². The van der Waals surface area contributed by atoms with Gasteiger partial charge in [-0.25, -0.2) is 0 Å². The molecule has 0 bridgehead atoms. The van der Waals surface area contributed by atoms with Crippen molar-refractivity contribution in [3.05, 3.63) is 57.7 Å². The number of ether oxygens (including phenoxy) is 1. The quantitative estimate of drug-likeness (QED) is 0.603. The molecule has 29 heavy (non-hydrogen) atoms. The van der Waals surface area contributed by atoms with Crippen molar-refractivity contribution in [1.82, 2.24) is 15.1 Å². The van der Waals surface area contributed by atoms with Crippen molar-refractivity contribution < 1.29 is 14.3 Å². The van der Waals surface area contributed by atoms with Crippen LogP contribution in [0.1, 0.15) is 27.9 Å². The number of Topliss-reactive ketones (excluding diaryl/α,β-unsaturated/α-hetero) is 1. The van der Waals surface area contributed by atoms with Crippen molar-refractivity contribution in [3.8, 4) is 16.2 Å². The average Bonchev–Trinajstić information content (AvgIpc) is 3.39. The summed E-state index contributed by atoms with van der Waals surface area (Å²) in [6.07, 6.45) is 2.27. The Bertz CT molecular complexity index is 1090. The lowest BCUT2D eigenvalue weighted by molar-refractivity contribution is -0.122. The Morgan fingerprint density at radius 1 is 1.34 bits per heavy atom. The maximum Gasteiger partial charge on any atom is 0.241 e. The number of thiophene rings is 1. The molecule has 0 spiro atoms. The van der Waals surface area contributed by atoms with E-state index >= 15 is 0 Å². The summed E-state index contributed by atoms with van der Waals surface area (Å²) in [5.74, 6) is 0.605. The monoisotopic (exact) mass is 429 g/mol. The van der Waals surface area contributed by atoms with Crippen LogP contribution in [0.15, 0.2) is 36.5 Å². The van der Waals surface area contributed by atoms with Crippen LogP contribution >= 0.6 is 22.9 Å². The lowest BCUT2D eigenvalue weighted by Gasteiger charge is -2.12. The van der Waals surface area contributed by atoms with Gasteiger partial charge in [0.2, 0.25) is 5.91 Å². The summed E-state index contributed by atoms with van der Waals surface area (Å²) in [4.78, 5) is 25.4. The number of carbonyl (C=O) groups is 2. The fourth-order valence-electron chi connectivity index (χ4n) is 3.31. The number of ketones is 1. The SMILES string of the molecule is CC(=O)c1ccc(-c2cc(Cl)c3c(c2)C[C@@H](CNC(=O)Cn2ccc(C)n2)O3)s1. The molecule has 0 fully saturated rings. The van der Waals surface area contributed by atoms with E-state index in [1.807, 2.05) is 37.3 Å². The maximum absolute atomic E-state index is 12.1. The van der Waals surface area contributed by atoms with Crippen LogP contribution in [0.25, 0.3) is 10.4 Å². The molecule has 150 valence electrons. The van der Waals surface area contributed by atoms with E-state index in [-0.39, 0.29) is 24.3 Å². The summed E-state index contributed by atoms with van der Waals surface area (Å²) in [5.41, 5.74) is 2.85. The highest BCUT2D eigenvalue weighted by molar-refractivity contribution is 7.17. The van der Waals surface area contributed by atoms with Gasteiger partial charge in [0.15, 0.2) is 5.78 Å². The molecule has 3 heterocycles. The van der Waals surface area contributed by atoms with Gasteiger partial charge in [-0.05, 0) is 49.7 Å². The largest absolute Gasteiger partial charge is 0.486 e. The van der Waals surface area contributed by atoms with Crippen LogP contribution in [-0.2, 0) is 17.8 Å². The van der Waals surface area contributed by atoms with E-state index in [2.05, 4.69) is 10.4 Å². The van der Waals surface area contributed by atoms with Crippen molar-refractivity contribution >= 4 is 34.6 Å². The zero-order valence-corrected chi connectivity index (χ0v) is 17.6. The van der Waals surface area contributed by atoms with Gasteiger partial charge >= 0.3 is 0 Å². The minimum absolute atomic E-state index is 0.0536. The van der Waals surface area contributed by atoms with Crippen LogP contribution in [-0.4, -0.2) is 34.1 Å². The van der Waals surface area contributed by atoms with Gasteiger partial charge in [0.25, 0.3) is 0 Å². The lowest BCUT2D eigenvalue weighted by atomic mass is 10.1. The van der Waals surface area contributed by atoms with E-state index in [4.69, 9.17) is 16.3 Å². The number of fused-ring (bicyclic) bond motifs is 1. The number of nitrogens with zero attached hydrogens (tertiary/aromatic N) is 2. The number of amides is 1. The Kier molecular flexibility index (Phi) is 5.43. The van der Waals surface area contributed by atoms with Crippen LogP contribution in [0.2, 0.25) is 5.02 Å².